The third-order valence-electron chi connectivity index (χ3n) is 2.68. The minimum Gasteiger partial charge on any atom is -0.383 e. The number of carbonyl (C=O) groups excluding carboxylic acids is 1. The monoisotopic (exact) mass is 279 g/mol. The number of hydrogen-bond donors (Lipinski definition) is 1. The molecule has 0 bridgehead atoms. The summed E-state index contributed by atoms with van der Waals surface area (Å²) in [6.07, 6.45) is -0.101. The van der Waals surface area contributed by atoms with E-state index >= 15 is 0 Å². The van der Waals surface area contributed by atoms with E-state index in [2.05, 4.69) is 0 Å². The molecule has 0 aliphatic carbocycles. The molecule has 0 aromatic carbocycles. The zero-order valence-electron chi connectivity index (χ0n) is 11.5. The van der Waals surface area contributed by atoms with E-state index in [-0.39, 0.29) is 32.0 Å². The van der Waals surface area contributed by atoms with Gasteiger partial charge in [-0.3, -0.25) is 8.98 Å². The zero-order chi connectivity index (χ0) is 13.4. The van der Waals surface area contributed by atoms with Crippen LogP contribution in [0.2, 0.25) is 0 Å². The summed E-state index contributed by atoms with van der Waals surface area (Å²) in [4.78, 5) is 13.7. The van der Waals surface area contributed by atoms with E-state index in [1.54, 1.807) is 4.90 Å². The first kappa shape index (κ1) is 20.1. The smallest absolute Gasteiger partial charge is 0.253 e. The number of hydrogen-bond acceptors (Lipinski definition) is 4. The molecule has 0 radical (unpaired) electrons. The van der Waals surface area contributed by atoms with E-state index in [4.69, 9.17) is 4.18 Å². The zero-order valence-corrected chi connectivity index (χ0v) is 12.3. The second-order valence-electron chi connectivity index (χ2n) is 4.41. The molecule has 0 saturated carbocycles. The van der Waals surface area contributed by atoms with E-state index in [1.165, 1.54) is 12.0 Å². The van der Waals surface area contributed by atoms with Crippen LogP contribution in [0.25, 0.3) is 0 Å². The maximum absolute atomic E-state index is 12.1. The standard InChI is InChI=1S/C12H25NO3S.CH4/c1-6-10(5)13(8-16-17-7-2)12(15)11(14)9(3)4;/h9-11,14H,6-8H2,1-5H3;1H4. The minimum atomic E-state index is -0.945. The van der Waals surface area contributed by atoms with E-state index in [0.717, 1.165) is 12.2 Å². The summed E-state index contributed by atoms with van der Waals surface area (Å²) < 4.78 is 5.33. The predicted octanol–water partition coefficient (Wildman–Crippen LogP) is 2.91. The Morgan fingerprint density at radius 2 is 1.89 bits per heavy atom. The van der Waals surface area contributed by atoms with Crippen molar-refractivity contribution in [2.75, 3.05) is 12.5 Å². The van der Waals surface area contributed by atoms with Crippen LogP contribution in [-0.2, 0) is 8.98 Å². The Bertz CT molecular complexity index is 224. The van der Waals surface area contributed by atoms with Crippen LogP contribution >= 0.6 is 12.0 Å². The second-order valence-corrected chi connectivity index (χ2v) is 5.46. The van der Waals surface area contributed by atoms with Crippen molar-refractivity contribution in [3.8, 4) is 0 Å². The lowest BCUT2D eigenvalue weighted by molar-refractivity contribution is -0.147. The summed E-state index contributed by atoms with van der Waals surface area (Å²) in [5, 5.41) is 9.81. The fourth-order valence-corrected chi connectivity index (χ4v) is 1.62. The molecular weight excluding hydrogens is 250 g/mol. The molecule has 18 heavy (non-hydrogen) atoms. The van der Waals surface area contributed by atoms with Crippen molar-refractivity contribution in [2.45, 2.75) is 60.6 Å². The van der Waals surface area contributed by atoms with Gasteiger partial charge in [-0.15, -0.1) is 0 Å². The van der Waals surface area contributed by atoms with Crippen molar-refractivity contribution in [3.63, 3.8) is 0 Å². The van der Waals surface area contributed by atoms with Crippen molar-refractivity contribution in [3.05, 3.63) is 0 Å². The highest BCUT2D eigenvalue weighted by molar-refractivity contribution is 7.94. The van der Waals surface area contributed by atoms with Crippen LogP contribution in [0.1, 0.15) is 48.5 Å². The molecule has 0 rings (SSSR count). The highest BCUT2D eigenvalue weighted by Crippen LogP contribution is 2.13. The molecular formula is C13H29NO3S. The van der Waals surface area contributed by atoms with E-state index in [9.17, 15) is 9.90 Å². The molecule has 1 N–H and O–H groups in total. The van der Waals surface area contributed by atoms with Gasteiger partial charge in [0.25, 0.3) is 5.91 Å². The van der Waals surface area contributed by atoms with Crippen LogP contribution in [0.5, 0.6) is 0 Å². The number of rotatable bonds is 8. The van der Waals surface area contributed by atoms with Crippen molar-refractivity contribution in [1.82, 2.24) is 4.90 Å². The van der Waals surface area contributed by atoms with Crippen LogP contribution in [-0.4, -0.2) is 40.5 Å². The highest BCUT2D eigenvalue weighted by atomic mass is 32.2. The average molecular weight is 279 g/mol. The maximum atomic E-state index is 12.1. The summed E-state index contributed by atoms with van der Waals surface area (Å²) in [5.41, 5.74) is 0. The van der Waals surface area contributed by atoms with Crippen LogP contribution in [0.15, 0.2) is 0 Å². The van der Waals surface area contributed by atoms with Gasteiger partial charge in [0.15, 0.2) is 0 Å². The number of nitrogens with zero attached hydrogens (tertiary/aromatic N) is 1. The van der Waals surface area contributed by atoms with Gasteiger partial charge in [0.05, 0.1) is 0 Å². The molecule has 0 spiro atoms. The maximum Gasteiger partial charge on any atom is 0.253 e. The Kier molecular flexibility index (Phi) is 11.9. The van der Waals surface area contributed by atoms with Crippen molar-refractivity contribution in [2.24, 2.45) is 5.92 Å². The van der Waals surface area contributed by atoms with Crippen molar-refractivity contribution >= 4 is 17.9 Å². The molecule has 2 unspecified atom stereocenters. The van der Waals surface area contributed by atoms with Crippen molar-refractivity contribution in [1.29, 1.82) is 0 Å². The largest absolute Gasteiger partial charge is 0.383 e. The molecule has 5 heteroatoms. The second kappa shape index (κ2) is 10.6. The fourth-order valence-electron chi connectivity index (χ4n) is 1.26. The van der Waals surface area contributed by atoms with Gasteiger partial charge in [-0.1, -0.05) is 35.1 Å². The first-order valence-corrected chi connectivity index (χ1v) is 7.09. The lowest BCUT2D eigenvalue weighted by Gasteiger charge is -2.30. The lowest BCUT2D eigenvalue weighted by atomic mass is 10.1. The SMILES string of the molecule is C.CCSOCN(C(=O)C(O)C(C)C)C(C)CC. The van der Waals surface area contributed by atoms with Crippen LogP contribution in [0.4, 0.5) is 0 Å². The number of aliphatic hydroxyl groups excluding tert-OH is 1. The third kappa shape index (κ3) is 6.61. The Morgan fingerprint density at radius 1 is 1.33 bits per heavy atom. The normalized spacial score (nSPS) is 13.9. The molecule has 0 heterocycles. The van der Waals surface area contributed by atoms with Gasteiger partial charge >= 0.3 is 0 Å². The van der Waals surface area contributed by atoms with Gasteiger partial charge in [-0.25, -0.2) is 0 Å². The van der Waals surface area contributed by atoms with Gasteiger partial charge in [0, 0.05) is 11.8 Å². The average Bonchev–Trinajstić information content (AvgIpc) is 2.32. The molecule has 0 aromatic heterocycles. The fraction of sp³-hybridized carbons (Fsp3) is 0.923. The Hall–Kier alpha value is -0.260. The summed E-state index contributed by atoms with van der Waals surface area (Å²) in [5.74, 6) is 0.522. The van der Waals surface area contributed by atoms with E-state index in [0.29, 0.717) is 0 Å². The molecule has 0 saturated heterocycles. The molecule has 1 amide bonds. The van der Waals surface area contributed by atoms with Crippen LogP contribution in [0, 0.1) is 5.92 Å². The van der Waals surface area contributed by atoms with Crippen LogP contribution < -0.4 is 0 Å². The Morgan fingerprint density at radius 3 is 2.28 bits per heavy atom. The van der Waals surface area contributed by atoms with Gasteiger partial charge < -0.3 is 10.0 Å². The molecule has 2 atom stereocenters. The number of carbonyl (C=O) groups is 1. The molecule has 0 fully saturated rings. The Balaban J connectivity index is 0. The molecule has 4 nitrogen and oxygen atoms in total. The third-order valence-corrected chi connectivity index (χ3v) is 3.19. The highest BCUT2D eigenvalue weighted by Gasteiger charge is 2.27. The van der Waals surface area contributed by atoms with Crippen LogP contribution in [0.3, 0.4) is 0 Å². The first-order chi connectivity index (χ1) is 7.95. The van der Waals surface area contributed by atoms with Gasteiger partial charge in [-0.2, -0.15) is 0 Å². The summed E-state index contributed by atoms with van der Waals surface area (Å²) in [6.45, 7) is 9.86. The summed E-state index contributed by atoms with van der Waals surface area (Å²) in [6, 6.07) is 0.0772. The topological polar surface area (TPSA) is 49.8 Å². The van der Waals surface area contributed by atoms with Crippen molar-refractivity contribution < 1.29 is 14.1 Å². The summed E-state index contributed by atoms with van der Waals surface area (Å²) >= 11 is 1.33. The number of amides is 1. The van der Waals surface area contributed by atoms with Gasteiger partial charge in [0.2, 0.25) is 0 Å². The number of aliphatic hydroxyl groups is 1. The van der Waals surface area contributed by atoms with E-state index in [1.807, 2.05) is 34.6 Å². The molecule has 110 valence electrons. The molecule has 0 aromatic rings. The van der Waals surface area contributed by atoms with E-state index < -0.39 is 6.10 Å². The predicted molar refractivity (Wildman–Crippen MR) is 78.3 cm³/mol. The molecule has 0 aliphatic rings. The summed E-state index contributed by atoms with van der Waals surface area (Å²) in [7, 11) is 0. The Labute approximate surface area is 116 Å². The first-order valence-electron chi connectivity index (χ1n) is 6.18. The quantitative estimate of drug-likeness (QED) is 0.422. The minimum absolute atomic E-state index is 0. The lowest BCUT2D eigenvalue weighted by Crippen LogP contribution is -2.46. The van der Waals surface area contributed by atoms with Gasteiger partial charge in [0.1, 0.15) is 12.8 Å². The molecule has 0 aliphatic heterocycles. The van der Waals surface area contributed by atoms with Gasteiger partial charge in [-0.05, 0) is 31.3 Å².